The van der Waals surface area contributed by atoms with Crippen molar-refractivity contribution in [3.05, 3.63) is 50.1 Å². The molecule has 0 spiro atoms. The Kier molecular flexibility index (Phi) is 3.81. The molecular formula is C15H14BrNO2S. The van der Waals surface area contributed by atoms with E-state index in [-0.39, 0.29) is 6.04 Å². The van der Waals surface area contributed by atoms with Gasteiger partial charge in [-0.2, -0.15) is 0 Å². The normalized spacial score (nSPS) is 17.6. The number of para-hydroxylation sites is 1. The smallest absolute Gasteiger partial charge is 0.337 e. The van der Waals surface area contributed by atoms with Crippen molar-refractivity contribution >= 4 is 38.9 Å². The number of thiophene rings is 1. The maximum absolute atomic E-state index is 11.3. The molecule has 0 fully saturated rings. The Morgan fingerprint density at radius 1 is 1.40 bits per heavy atom. The van der Waals surface area contributed by atoms with Crippen molar-refractivity contribution in [3.8, 4) is 0 Å². The number of nitrogens with one attached hydrogen (secondary N) is 1. The highest BCUT2D eigenvalue weighted by Crippen LogP contribution is 2.39. The van der Waals surface area contributed by atoms with E-state index in [1.165, 1.54) is 10.4 Å². The van der Waals surface area contributed by atoms with Crippen molar-refractivity contribution in [1.82, 2.24) is 0 Å². The lowest BCUT2D eigenvalue weighted by molar-refractivity contribution is 0.0698. The lowest BCUT2D eigenvalue weighted by Gasteiger charge is -2.25. The van der Waals surface area contributed by atoms with Gasteiger partial charge in [0.2, 0.25) is 0 Å². The first kappa shape index (κ1) is 13.6. The molecular weight excluding hydrogens is 338 g/mol. The summed E-state index contributed by atoms with van der Waals surface area (Å²) in [6, 6.07) is 9.43. The Morgan fingerprint density at radius 3 is 3.00 bits per heavy atom. The third-order valence-electron chi connectivity index (χ3n) is 3.57. The largest absolute Gasteiger partial charge is 0.478 e. The lowest BCUT2D eigenvalue weighted by atomic mass is 9.93. The number of anilines is 1. The molecule has 3 rings (SSSR count). The average molecular weight is 352 g/mol. The predicted molar refractivity (Wildman–Crippen MR) is 84.7 cm³/mol. The fourth-order valence-corrected chi connectivity index (χ4v) is 4.47. The topological polar surface area (TPSA) is 49.3 Å². The summed E-state index contributed by atoms with van der Waals surface area (Å²) < 4.78 is 1.14. The fourth-order valence-electron chi connectivity index (χ4n) is 2.65. The number of hydrogen-bond acceptors (Lipinski definition) is 3. The second-order valence-corrected chi connectivity index (χ2v) is 7.38. The van der Waals surface area contributed by atoms with Crippen LogP contribution in [0.5, 0.6) is 0 Å². The summed E-state index contributed by atoms with van der Waals surface area (Å²) >= 11 is 5.31. The van der Waals surface area contributed by atoms with E-state index < -0.39 is 5.97 Å². The molecule has 1 heterocycles. The van der Waals surface area contributed by atoms with Gasteiger partial charge in [-0.3, -0.25) is 0 Å². The van der Waals surface area contributed by atoms with Crippen molar-refractivity contribution in [2.45, 2.75) is 25.3 Å². The van der Waals surface area contributed by atoms with E-state index in [4.69, 9.17) is 0 Å². The van der Waals surface area contributed by atoms with Gasteiger partial charge in [0.25, 0.3) is 0 Å². The highest BCUT2D eigenvalue weighted by Gasteiger charge is 2.23. The number of aromatic carboxylic acids is 1. The quantitative estimate of drug-likeness (QED) is 0.842. The molecule has 104 valence electrons. The van der Waals surface area contributed by atoms with Gasteiger partial charge in [0, 0.05) is 10.6 Å². The molecule has 2 aromatic rings. The van der Waals surface area contributed by atoms with Gasteiger partial charge < -0.3 is 10.4 Å². The molecule has 1 aliphatic carbocycles. The van der Waals surface area contributed by atoms with E-state index in [2.05, 4.69) is 27.3 Å². The summed E-state index contributed by atoms with van der Waals surface area (Å²) in [5.74, 6) is -0.893. The molecule has 1 aromatic carbocycles. The van der Waals surface area contributed by atoms with Gasteiger partial charge in [-0.05, 0) is 59.0 Å². The van der Waals surface area contributed by atoms with Crippen LogP contribution in [0.2, 0.25) is 0 Å². The summed E-state index contributed by atoms with van der Waals surface area (Å²) in [4.78, 5) is 12.7. The van der Waals surface area contributed by atoms with Crippen molar-refractivity contribution < 1.29 is 9.90 Å². The minimum Gasteiger partial charge on any atom is -0.478 e. The van der Waals surface area contributed by atoms with Gasteiger partial charge >= 0.3 is 5.97 Å². The van der Waals surface area contributed by atoms with Crippen molar-refractivity contribution in [3.63, 3.8) is 0 Å². The molecule has 20 heavy (non-hydrogen) atoms. The number of halogens is 1. The number of rotatable bonds is 3. The van der Waals surface area contributed by atoms with Crippen LogP contribution >= 0.6 is 27.3 Å². The maximum Gasteiger partial charge on any atom is 0.337 e. The number of aryl methyl sites for hydroxylation is 1. The van der Waals surface area contributed by atoms with Crippen LogP contribution in [0.3, 0.4) is 0 Å². The zero-order chi connectivity index (χ0) is 14.1. The van der Waals surface area contributed by atoms with Crippen LogP contribution < -0.4 is 5.32 Å². The summed E-state index contributed by atoms with van der Waals surface area (Å²) in [5, 5.41) is 12.7. The lowest BCUT2D eigenvalue weighted by Crippen LogP contribution is -2.17. The zero-order valence-electron chi connectivity index (χ0n) is 10.7. The second kappa shape index (κ2) is 5.58. The van der Waals surface area contributed by atoms with Crippen LogP contribution in [0.1, 0.15) is 39.7 Å². The first-order valence-corrected chi connectivity index (χ1v) is 8.13. The summed E-state index contributed by atoms with van der Waals surface area (Å²) in [5.41, 5.74) is 2.32. The summed E-state index contributed by atoms with van der Waals surface area (Å²) in [6.07, 6.45) is 3.28. The van der Waals surface area contributed by atoms with E-state index in [9.17, 15) is 9.90 Å². The molecule has 3 nitrogen and oxygen atoms in total. The van der Waals surface area contributed by atoms with Gasteiger partial charge in [0.05, 0.1) is 15.4 Å². The summed E-state index contributed by atoms with van der Waals surface area (Å²) in [7, 11) is 0. The summed E-state index contributed by atoms with van der Waals surface area (Å²) in [6.45, 7) is 0. The number of benzene rings is 1. The van der Waals surface area contributed by atoms with Crippen LogP contribution in [-0.2, 0) is 6.42 Å². The van der Waals surface area contributed by atoms with Crippen LogP contribution in [0.15, 0.2) is 34.1 Å². The third-order valence-corrected chi connectivity index (χ3v) is 5.28. The zero-order valence-corrected chi connectivity index (χ0v) is 13.1. The van der Waals surface area contributed by atoms with Gasteiger partial charge in [-0.25, -0.2) is 4.79 Å². The Morgan fingerprint density at radius 2 is 2.20 bits per heavy atom. The Balaban J connectivity index is 1.91. The van der Waals surface area contributed by atoms with Gasteiger partial charge in [-0.1, -0.05) is 12.1 Å². The number of carboxylic acids is 1. The molecule has 1 aliphatic rings. The Bertz CT molecular complexity index is 653. The minimum absolute atomic E-state index is 0.196. The average Bonchev–Trinajstić information content (AvgIpc) is 2.80. The fraction of sp³-hybridized carbons (Fsp3) is 0.267. The number of fused-ring (bicyclic) bond motifs is 1. The monoisotopic (exact) mass is 351 g/mol. The molecule has 5 heteroatoms. The van der Waals surface area contributed by atoms with E-state index in [1.54, 1.807) is 23.5 Å². The van der Waals surface area contributed by atoms with E-state index in [0.717, 1.165) is 23.0 Å². The molecule has 0 aliphatic heterocycles. The standard InChI is InChI=1S/C15H14BrNO2S/c16-14-8-10-12(6-3-7-13(10)20-14)17-11-5-2-1-4-9(11)15(18)19/h1-2,4-5,8,12,17H,3,6-7H2,(H,18,19). The molecule has 1 aromatic heterocycles. The van der Waals surface area contributed by atoms with Crippen LogP contribution in [0, 0.1) is 0 Å². The van der Waals surface area contributed by atoms with Gasteiger partial charge in [0.15, 0.2) is 0 Å². The van der Waals surface area contributed by atoms with Gasteiger partial charge in [-0.15, -0.1) is 11.3 Å². The number of carbonyl (C=O) groups is 1. The molecule has 0 amide bonds. The third kappa shape index (κ3) is 2.60. The molecule has 0 saturated carbocycles. The highest BCUT2D eigenvalue weighted by molar-refractivity contribution is 9.11. The molecule has 1 atom stereocenters. The van der Waals surface area contributed by atoms with Crippen LogP contribution in [0.4, 0.5) is 5.69 Å². The molecule has 0 radical (unpaired) electrons. The van der Waals surface area contributed by atoms with Gasteiger partial charge in [0.1, 0.15) is 0 Å². The van der Waals surface area contributed by atoms with Crippen molar-refractivity contribution in [1.29, 1.82) is 0 Å². The predicted octanol–water partition coefficient (Wildman–Crippen LogP) is 4.70. The Hall–Kier alpha value is -1.33. The molecule has 0 bridgehead atoms. The SMILES string of the molecule is O=C(O)c1ccccc1NC1CCCc2sc(Br)cc21. The van der Waals surface area contributed by atoms with Crippen molar-refractivity contribution in [2.75, 3.05) is 5.32 Å². The molecule has 0 saturated heterocycles. The maximum atomic E-state index is 11.3. The van der Waals surface area contributed by atoms with E-state index >= 15 is 0 Å². The molecule has 1 unspecified atom stereocenters. The second-order valence-electron chi connectivity index (χ2n) is 4.87. The first-order chi connectivity index (χ1) is 9.65. The number of carboxylic acid groups (broad SMARTS) is 1. The Labute approximate surface area is 129 Å². The van der Waals surface area contributed by atoms with Crippen molar-refractivity contribution in [2.24, 2.45) is 0 Å². The van der Waals surface area contributed by atoms with E-state index in [1.807, 2.05) is 12.1 Å². The van der Waals surface area contributed by atoms with Crippen LogP contribution in [-0.4, -0.2) is 11.1 Å². The number of hydrogen-bond donors (Lipinski definition) is 2. The first-order valence-electron chi connectivity index (χ1n) is 6.52. The molecule has 2 N–H and O–H groups in total. The van der Waals surface area contributed by atoms with Crippen LogP contribution in [0.25, 0.3) is 0 Å². The minimum atomic E-state index is -0.893. The highest BCUT2D eigenvalue weighted by atomic mass is 79.9. The van der Waals surface area contributed by atoms with E-state index in [0.29, 0.717) is 11.3 Å².